The SMILES string of the molecule is CCOc1ccc(N)c(SCCCF)c1. The number of nitrogens with two attached hydrogens (primary N) is 1. The first kappa shape index (κ1) is 12.2. The molecule has 2 N–H and O–H groups in total. The molecule has 0 unspecified atom stereocenters. The van der Waals surface area contributed by atoms with Crippen LogP contribution in [0.2, 0.25) is 0 Å². The van der Waals surface area contributed by atoms with Crippen LogP contribution in [0.4, 0.5) is 10.1 Å². The Hall–Kier alpha value is -0.900. The molecule has 0 spiro atoms. The maximum absolute atomic E-state index is 11.9. The summed E-state index contributed by atoms with van der Waals surface area (Å²) in [5, 5.41) is 0. The zero-order chi connectivity index (χ0) is 11.1. The Morgan fingerprint density at radius 1 is 1.47 bits per heavy atom. The summed E-state index contributed by atoms with van der Waals surface area (Å²) in [5.41, 5.74) is 6.52. The molecule has 0 aliphatic heterocycles. The van der Waals surface area contributed by atoms with Crippen molar-refractivity contribution in [1.82, 2.24) is 0 Å². The van der Waals surface area contributed by atoms with Gasteiger partial charge in [0.2, 0.25) is 0 Å². The molecule has 0 aliphatic carbocycles. The van der Waals surface area contributed by atoms with Crippen molar-refractivity contribution in [2.75, 3.05) is 24.8 Å². The third-order valence-electron chi connectivity index (χ3n) is 1.83. The summed E-state index contributed by atoms with van der Waals surface area (Å²) in [6, 6.07) is 5.57. The van der Waals surface area contributed by atoms with E-state index in [1.54, 1.807) is 11.8 Å². The van der Waals surface area contributed by atoms with Gasteiger partial charge in [-0.25, -0.2) is 0 Å². The van der Waals surface area contributed by atoms with E-state index in [1.165, 1.54) is 0 Å². The summed E-state index contributed by atoms with van der Waals surface area (Å²) < 4.78 is 17.3. The number of benzene rings is 1. The molecule has 0 heterocycles. The second-order valence-corrected chi connectivity index (χ2v) is 4.16. The van der Waals surface area contributed by atoms with Crippen LogP contribution in [0.25, 0.3) is 0 Å². The van der Waals surface area contributed by atoms with Crippen molar-refractivity contribution in [3.63, 3.8) is 0 Å². The van der Waals surface area contributed by atoms with Crippen LogP contribution in [0.1, 0.15) is 13.3 Å². The highest BCUT2D eigenvalue weighted by atomic mass is 32.2. The number of alkyl halides is 1. The molecule has 84 valence electrons. The lowest BCUT2D eigenvalue weighted by molar-refractivity contribution is 0.339. The molecule has 0 bridgehead atoms. The van der Waals surface area contributed by atoms with Crippen LogP contribution in [0, 0.1) is 0 Å². The van der Waals surface area contributed by atoms with Crippen molar-refractivity contribution in [2.24, 2.45) is 0 Å². The first-order chi connectivity index (χ1) is 7.27. The molecule has 0 amide bonds. The van der Waals surface area contributed by atoms with Gasteiger partial charge < -0.3 is 10.5 Å². The van der Waals surface area contributed by atoms with Gasteiger partial charge >= 0.3 is 0 Å². The fourth-order valence-electron chi connectivity index (χ4n) is 1.13. The number of ether oxygens (including phenoxy) is 1. The first-order valence-electron chi connectivity index (χ1n) is 4.99. The average molecular weight is 229 g/mol. The van der Waals surface area contributed by atoms with Gasteiger partial charge in [-0.15, -0.1) is 11.8 Å². The Balaban J connectivity index is 2.63. The summed E-state index contributed by atoms with van der Waals surface area (Å²) >= 11 is 1.57. The molecule has 2 nitrogen and oxygen atoms in total. The van der Waals surface area contributed by atoms with Gasteiger partial charge in [-0.2, -0.15) is 0 Å². The van der Waals surface area contributed by atoms with E-state index in [-0.39, 0.29) is 6.67 Å². The van der Waals surface area contributed by atoms with E-state index in [2.05, 4.69) is 0 Å². The molecule has 0 saturated carbocycles. The Morgan fingerprint density at radius 3 is 2.93 bits per heavy atom. The molecule has 1 aromatic carbocycles. The smallest absolute Gasteiger partial charge is 0.120 e. The molecular weight excluding hydrogens is 213 g/mol. The van der Waals surface area contributed by atoms with Crippen LogP contribution in [0.15, 0.2) is 23.1 Å². The standard InChI is InChI=1S/C11H16FNOS/c1-2-14-9-4-5-10(13)11(8-9)15-7-3-6-12/h4-5,8H,2-3,6-7,13H2,1H3. The van der Waals surface area contributed by atoms with Gasteiger partial charge in [0.15, 0.2) is 0 Å². The summed E-state index contributed by atoms with van der Waals surface area (Å²) in [6.07, 6.45) is 0.559. The van der Waals surface area contributed by atoms with Crippen LogP contribution in [-0.4, -0.2) is 19.0 Å². The zero-order valence-corrected chi connectivity index (χ0v) is 9.65. The van der Waals surface area contributed by atoms with Gasteiger partial charge in [-0.05, 0) is 31.5 Å². The van der Waals surface area contributed by atoms with Crippen LogP contribution in [0.5, 0.6) is 5.75 Å². The van der Waals surface area contributed by atoms with Gasteiger partial charge in [0.1, 0.15) is 5.75 Å². The minimum Gasteiger partial charge on any atom is -0.494 e. The number of rotatable bonds is 6. The second-order valence-electron chi connectivity index (χ2n) is 3.02. The van der Waals surface area contributed by atoms with Crippen LogP contribution >= 0.6 is 11.8 Å². The van der Waals surface area contributed by atoms with E-state index in [0.717, 1.165) is 22.1 Å². The highest BCUT2D eigenvalue weighted by Gasteiger charge is 2.02. The number of hydrogen-bond acceptors (Lipinski definition) is 3. The number of anilines is 1. The van der Waals surface area contributed by atoms with E-state index >= 15 is 0 Å². The second kappa shape index (κ2) is 6.56. The number of hydrogen-bond donors (Lipinski definition) is 1. The normalized spacial score (nSPS) is 10.3. The molecule has 0 radical (unpaired) electrons. The van der Waals surface area contributed by atoms with Crippen molar-refractivity contribution in [3.05, 3.63) is 18.2 Å². The van der Waals surface area contributed by atoms with E-state index in [1.807, 2.05) is 25.1 Å². The van der Waals surface area contributed by atoms with Crippen molar-refractivity contribution in [3.8, 4) is 5.75 Å². The summed E-state index contributed by atoms with van der Waals surface area (Å²) in [7, 11) is 0. The minimum atomic E-state index is -0.280. The summed E-state index contributed by atoms with van der Waals surface area (Å²) in [6.45, 7) is 2.29. The maximum Gasteiger partial charge on any atom is 0.120 e. The molecule has 15 heavy (non-hydrogen) atoms. The molecular formula is C11H16FNOS. The van der Waals surface area contributed by atoms with Crippen LogP contribution < -0.4 is 10.5 Å². The van der Waals surface area contributed by atoms with Crippen molar-refractivity contribution in [2.45, 2.75) is 18.2 Å². The quantitative estimate of drug-likeness (QED) is 0.462. The summed E-state index contributed by atoms with van der Waals surface area (Å²) in [4.78, 5) is 0.967. The number of halogens is 1. The lowest BCUT2D eigenvalue weighted by Crippen LogP contribution is -1.94. The predicted molar refractivity (Wildman–Crippen MR) is 63.3 cm³/mol. The fraction of sp³-hybridized carbons (Fsp3) is 0.455. The molecule has 0 saturated heterocycles. The van der Waals surface area contributed by atoms with E-state index in [0.29, 0.717) is 13.0 Å². The zero-order valence-electron chi connectivity index (χ0n) is 8.83. The Morgan fingerprint density at radius 2 is 2.27 bits per heavy atom. The maximum atomic E-state index is 11.9. The van der Waals surface area contributed by atoms with Crippen molar-refractivity contribution in [1.29, 1.82) is 0 Å². The average Bonchev–Trinajstić information content (AvgIpc) is 2.23. The number of thioether (sulfide) groups is 1. The van der Waals surface area contributed by atoms with E-state index in [4.69, 9.17) is 10.5 Å². The van der Waals surface area contributed by atoms with Gasteiger partial charge in [0.25, 0.3) is 0 Å². The monoisotopic (exact) mass is 229 g/mol. The predicted octanol–water partition coefficient (Wildman–Crippen LogP) is 3.12. The lowest BCUT2D eigenvalue weighted by atomic mass is 10.3. The first-order valence-corrected chi connectivity index (χ1v) is 5.97. The Bertz CT molecular complexity index is 307. The highest BCUT2D eigenvalue weighted by molar-refractivity contribution is 7.99. The molecule has 4 heteroatoms. The molecule has 1 aromatic rings. The summed E-state index contributed by atoms with van der Waals surface area (Å²) in [5.74, 6) is 1.56. The third kappa shape index (κ3) is 4.00. The van der Waals surface area contributed by atoms with E-state index < -0.39 is 0 Å². The molecule has 0 aromatic heterocycles. The van der Waals surface area contributed by atoms with Crippen LogP contribution in [0.3, 0.4) is 0 Å². The largest absolute Gasteiger partial charge is 0.494 e. The molecule has 0 atom stereocenters. The van der Waals surface area contributed by atoms with Crippen LogP contribution in [-0.2, 0) is 0 Å². The Kier molecular flexibility index (Phi) is 5.32. The number of nitrogen functional groups attached to an aromatic ring is 1. The van der Waals surface area contributed by atoms with E-state index in [9.17, 15) is 4.39 Å². The van der Waals surface area contributed by atoms with Gasteiger partial charge in [-0.3, -0.25) is 4.39 Å². The minimum absolute atomic E-state index is 0.280. The Labute approximate surface area is 94.0 Å². The van der Waals surface area contributed by atoms with Gasteiger partial charge in [0.05, 0.1) is 13.3 Å². The fourth-order valence-corrected chi connectivity index (χ4v) is 2.04. The molecule has 0 fully saturated rings. The van der Waals surface area contributed by atoms with Crippen molar-refractivity contribution >= 4 is 17.4 Å². The highest BCUT2D eigenvalue weighted by Crippen LogP contribution is 2.29. The molecule has 1 rings (SSSR count). The topological polar surface area (TPSA) is 35.2 Å². The third-order valence-corrected chi connectivity index (χ3v) is 2.99. The van der Waals surface area contributed by atoms with Gasteiger partial charge in [0, 0.05) is 16.3 Å². The molecule has 0 aliphatic rings. The lowest BCUT2D eigenvalue weighted by Gasteiger charge is -2.08. The van der Waals surface area contributed by atoms with Crippen molar-refractivity contribution < 1.29 is 9.13 Å². The van der Waals surface area contributed by atoms with Gasteiger partial charge in [-0.1, -0.05) is 0 Å².